The second-order valence-electron chi connectivity index (χ2n) is 3.26. The molecule has 2 N–H and O–H groups in total. The van der Waals surface area contributed by atoms with E-state index in [9.17, 15) is 8.42 Å². The first-order chi connectivity index (χ1) is 8.12. The molecule has 0 spiro atoms. The van der Waals surface area contributed by atoms with Gasteiger partial charge in [0, 0.05) is 18.8 Å². The van der Waals surface area contributed by atoms with E-state index in [0.29, 0.717) is 0 Å². The van der Waals surface area contributed by atoms with Gasteiger partial charge in [0.2, 0.25) is 0 Å². The molecule has 6 nitrogen and oxygen atoms in total. The van der Waals surface area contributed by atoms with Gasteiger partial charge in [-0.25, -0.2) is 8.42 Å². The minimum Gasteiger partial charge on any atom is -0.388 e. The van der Waals surface area contributed by atoms with Crippen LogP contribution in [0.3, 0.4) is 0 Å². The van der Waals surface area contributed by atoms with Crippen LogP contribution >= 0.6 is 0 Å². The van der Waals surface area contributed by atoms with Crippen molar-refractivity contribution in [2.45, 2.75) is 4.90 Å². The molecule has 2 rings (SSSR count). The Bertz CT molecular complexity index is 576. The maximum atomic E-state index is 11.9. The summed E-state index contributed by atoms with van der Waals surface area (Å²) < 4.78 is 30.6. The zero-order valence-corrected chi connectivity index (χ0v) is 9.86. The van der Waals surface area contributed by atoms with Crippen molar-refractivity contribution in [3.63, 3.8) is 0 Å². The van der Waals surface area contributed by atoms with Crippen molar-refractivity contribution in [1.82, 2.24) is 5.16 Å². The topological polar surface area (TPSA) is 84.2 Å². The molecule has 0 amide bonds. The molecule has 1 aromatic carbocycles. The number of rotatable bonds is 4. The fourth-order valence-corrected chi connectivity index (χ4v) is 2.26. The number of nitrogens with zero attached hydrogens (tertiary/aromatic N) is 1. The molecule has 17 heavy (non-hydrogen) atoms. The van der Waals surface area contributed by atoms with Gasteiger partial charge in [-0.3, -0.25) is 4.72 Å². The summed E-state index contributed by atoms with van der Waals surface area (Å²) in [5, 5.41) is 6.39. The predicted octanol–water partition coefficient (Wildman–Crippen LogP) is 1.52. The second kappa shape index (κ2) is 4.46. The van der Waals surface area contributed by atoms with E-state index in [1.807, 2.05) is 0 Å². The Kier molecular flexibility index (Phi) is 3.01. The Hall–Kier alpha value is -2.02. The number of hydrogen-bond acceptors (Lipinski definition) is 5. The van der Waals surface area contributed by atoms with Crippen molar-refractivity contribution in [3.8, 4) is 0 Å². The molecule has 1 heterocycles. The molecule has 0 radical (unpaired) electrons. The number of hydrogen-bond donors (Lipinski definition) is 2. The lowest BCUT2D eigenvalue weighted by molar-refractivity contribution is 0.423. The van der Waals surface area contributed by atoms with Gasteiger partial charge in [-0.15, -0.1) is 0 Å². The second-order valence-corrected chi connectivity index (χ2v) is 4.95. The zero-order chi connectivity index (χ0) is 12.3. The summed E-state index contributed by atoms with van der Waals surface area (Å²) in [6.45, 7) is 0. The molecule has 0 aliphatic carbocycles. The van der Waals surface area contributed by atoms with E-state index in [1.165, 1.54) is 24.5 Å². The molecule has 7 heteroatoms. The minimum absolute atomic E-state index is 0.155. The van der Waals surface area contributed by atoms with Crippen LogP contribution in [0.4, 0.5) is 11.5 Å². The molecule has 2 aromatic rings. The van der Waals surface area contributed by atoms with Crippen molar-refractivity contribution in [1.29, 1.82) is 0 Å². The molecular formula is C10H11N3O3S. The number of sulfonamides is 1. The summed E-state index contributed by atoms with van der Waals surface area (Å²) in [5.74, 6) is 0.155. The molecule has 1 aromatic heterocycles. The van der Waals surface area contributed by atoms with Gasteiger partial charge < -0.3 is 9.84 Å². The molecule has 0 atom stereocenters. The van der Waals surface area contributed by atoms with E-state index in [2.05, 4.69) is 19.7 Å². The van der Waals surface area contributed by atoms with E-state index < -0.39 is 10.0 Å². The number of benzene rings is 1. The SMILES string of the molecule is CNc1ccc(S(=O)(=O)Nc2ccon2)cc1. The first-order valence-corrected chi connectivity index (χ1v) is 6.31. The summed E-state index contributed by atoms with van der Waals surface area (Å²) in [7, 11) is -1.85. The third-order valence-electron chi connectivity index (χ3n) is 2.13. The monoisotopic (exact) mass is 253 g/mol. The summed E-state index contributed by atoms with van der Waals surface area (Å²) in [5.41, 5.74) is 0.838. The summed E-state index contributed by atoms with van der Waals surface area (Å²) in [6.07, 6.45) is 1.29. The van der Waals surface area contributed by atoms with Crippen LogP contribution in [0.1, 0.15) is 0 Å². The fraction of sp³-hybridized carbons (Fsp3) is 0.100. The van der Waals surface area contributed by atoms with Crippen LogP contribution in [-0.4, -0.2) is 20.6 Å². The maximum Gasteiger partial charge on any atom is 0.263 e. The van der Waals surface area contributed by atoms with Gasteiger partial charge in [0.05, 0.1) is 4.90 Å². The Balaban J connectivity index is 2.25. The van der Waals surface area contributed by atoms with E-state index in [-0.39, 0.29) is 10.7 Å². The Morgan fingerprint density at radius 1 is 1.18 bits per heavy atom. The van der Waals surface area contributed by atoms with Crippen molar-refractivity contribution >= 4 is 21.5 Å². The molecule has 0 bridgehead atoms. The van der Waals surface area contributed by atoms with E-state index in [1.54, 1.807) is 19.2 Å². The average molecular weight is 253 g/mol. The number of aromatic nitrogens is 1. The molecule has 0 unspecified atom stereocenters. The quantitative estimate of drug-likeness (QED) is 0.863. The normalized spacial score (nSPS) is 11.1. The van der Waals surface area contributed by atoms with Crippen LogP contribution < -0.4 is 10.0 Å². The van der Waals surface area contributed by atoms with Crippen LogP contribution in [-0.2, 0) is 10.0 Å². The van der Waals surface area contributed by atoms with E-state index in [0.717, 1.165) is 5.69 Å². The standard InChI is InChI=1S/C10H11N3O3S/c1-11-8-2-4-9(5-3-8)17(14,15)13-10-6-7-16-12-10/h2-7,11H,1H3,(H,12,13). The molecule has 0 aliphatic heterocycles. The maximum absolute atomic E-state index is 11.9. The average Bonchev–Trinajstić information content (AvgIpc) is 2.81. The highest BCUT2D eigenvalue weighted by atomic mass is 32.2. The third-order valence-corrected chi connectivity index (χ3v) is 3.50. The summed E-state index contributed by atoms with van der Waals surface area (Å²) in [6, 6.07) is 7.80. The van der Waals surface area contributed by atoms with Crippen molar-refractivity contribution in [3.05, 3.63) is 36.6 Å². The van der Waals surface area contributed by atoms with Gasteiger partial charge in [0.15, 0.2) is 5.82 Å². The third kappa shape index (κ3) is 2.56. The first-order valence-electron chi connectivity index (χ1n) is 4.83. The van der Waals surface area contributed by atoms with Crippen molar-refractivity contribution < 1.29 is 12.9 Å². The van der Waals surface area contributed by atoms with Gasteiger partial charge in [-0.05, 0) is 24.3 Å². The molecule has 90 valence electrons. The lowest BCUT2D eigenvalue weighted by atomic mass is 10.3. The lowest BCUT2D eigenvalue weighted by Crippen LogP contribution is -2.13. The Labute approximate surface area is 98.7 Å². The van der Waals surface area contributed by atoms with Crippen LogP contribution in [0.2, 0.25) is 0 Å². The van der Waals surface area contributed by atoms with Gasteiger partial charge in [-0.1, -0.05) is 5.16 Å². The Morgan fingerprint density at radius 3 is 2.41 bits per heavy atom. The smallest absolute Gasteiger partial charge is 0.263 e. The minimum atomic E-state index is -3.61. The van der Waals surface area contributed by atoms with Crippen LogP contribution in [0.15, 0.2) is 46.0 Å². The number of anilines is 2. The van der Waals surface area contributed by atoms with E-state index >= 15 is 0 Å². The number of nitrogens with one attached hydrogen (secondary N) is 2. The van der Waals surface area contributed by atoms with Gasteiger partial charge in [-0.2, -0.15) is 0 Å². The summed E-state index contributed by atoms with van der Waals surface area (Å²) >= 11 is 0. The van der Waals surface area contributed by atoms with Crippen LogP contribution in [0.25, 0.3) is 0 Å². The largest absolute Gasteiger partial charge is 0.388 e. The van der Waals surface area contributed by atoms with Crippen molar-refractivity contribution in [2.75, 3.05) is 17.1 Å². The highest BCUT2D eigenvalue weighted by Crippen LogP contribution is 2.16. The van der Waals surface area contributed by atoms with Crippen LogP contribution in [0.5, 0.6) is 0 Å². The molecule has 0 saturated heterocycles. The summed E-state index contributed by atoms with van der Waals surface area (Å²) in [4.78, 5) is 0.166. The van der Waals surface area contributed by atoms with Crippen LogP contribution in [0, 0.1) is 0 Å². The highest BCUT2D eigenvalue weighted by Gasteiger charge is 2.15. The van der Waals surface area contributed by atoms with Gasteiger partial charge in [0.25, 0.3) is 10.0 Å². The van der Waals surface area contributed by atoms with Crippen molar-refractivity contribution in [2.24, 2.45) is 0 Å². The zero-order valence-electron chi connectivity index (χ0n) is 9.04. The Morgan fingerprint density at radius 2 is 1.88 bits per heavy atom. The van der Waals surface area contributed by atoms with E-state index in [4.69, 9.17) is 0 Å². The predicted molar refractivity (Wildman–Crippen MR) is 63.3 cm³/mol. The lowest BCUT2D eigenvalue weighted by Gasteiger charge is -2.05. The van der Waals surface area contributed by atoms with Gasteiger partial charge >= 0.3 is 0 Å². The molecule has 0 fully saturated rings. The van der Waals surface area contributed by atoms with Gasteiger partial charge in [0.1, 0.15) is 6.26 Å². The molecular weight excluding hydrogens is 242 g/mol. The highest BCUT2D eigenvalue weighted by molar-refractivity contribution is 7.92. The molecule has 0 saturated carbocycles. The fourth-order valence-electron chi connectivity index (χ4n) is 1.26. The molecule has 0 aliphatic rings. The first kappa shape index (κ1) is 11.5.